The molecule has 2 heterocycles. The molecule has 2 atom stereocenters. The van der Waals surface area contributed by atoms with Crippen LogP contribution in [-0.2, 0) is 4.74 Å². The number of nitrogens with zero attached hydrogens (tertiary/aromatic N) is 2. The van der Waals surface area contributed by atoms with Crippen LogP contribution < -0.4 is 5.73 Å². The summed E-state index contributed by atoms with van der Waals surface area (Å²) in [5.74, 6) is 0. The quantitative estimate of drug-likeness (QED) is 0.655. The fourth-order valence-corrected chi connectivity index (χ4v) is 2.71. The number of hydrogen-bond acceptors (Lipinski definition) is 5. The standard InChI is InChI=1S/C12H25N3O2/c13-9-12(16)2-4-14-3-1-11(10-14)15-5-7-17-8-6-15/h11-12,16H,1-10,13H2. The van der Waals surface area contributed by atoms with Crippen molar-refractivity contribution in [2.75, 3.05) is 52.5 Å². The zero-order chi connectivity index (χ0) is 12.1. The molecule has 0 saturated carbocycles. The number of ether oxygens (including phenoxy) is 1. The van der Waals surface area contributed by atoms with Crippen molar-refractivity contribution in [3.8, 4) is 0 Å². The lowest BCUT2D eigenvalue weighted by Gasteiger charge is -2.32. The molecule has 0 bridgehead atoms. The molecule has 100 valence electrons. The van der Waals surface area contributed by atoms with Gasteiger partial charge in [0.25, 0.3) is 0 Å². The Morgan fingerprint density at radius 1 is 1.29 bits per heavy atom. The van der Waals surface area contributed by atoms with Crippen molar-refractivity contribution in [2.24, 2.45) is 5.73 Å². The second kappa shape index (κ2) is 6.66. The molecule has 2 aliphatic rings. The summed E-state index contributed by atoms with van der Waals surface area (Å²) >= 11 is 0. The Hall–Kier alpha value is -0.200. The topological polar surface area (TPSA) is 62.0 Å². The molecule has 2 aliphatic heterocycles. The fourth-order valence-electron chi connectivity index (χ4n) is 2.71. The van der Waals surface area contributed by atoms with Crippen LogP contribution >= 0.6 is 0 Å². The first kappa shape index (κ1) is 13.2. The lowest BCUT2D eigenvalue weighted by molar-refractivity contribution is 0.0183. The lowest BCUT2D eigenvalue weighted by Crippen LogP contribution is -2.44. The van der Waals surface area contributed by atoms with Gasteiger partial charge in [-0.25, -0.2) is 0 Å². The SMILES string of the molecule is NCC(O)CCN1CCC(N2CCOCC2)C1. The van der Waals surface area contributed by atoms with E-state index in [2.05, 4.69) is 9.80 Å². The Kier molecular flexibility index (Phi) is 5.18. The molecule has 2 unspecified atom stereocenters. The van der Waals surface area contributed by atoms with Gasteiger partial charge in [-0.1, -0.05) is 0 Å². The van der Waals surface area contributed by atoms with Gasteiger partial charge < -0.3 is 20.5 Å². The van der Waals surface area contributed by atoms with E-state index in [0.717, 1.165) is 52.4 Å². The van der Waals surface area contributed by atoms with Crippen molar-refractivity contribution in [2.45, 2.75) is 25.0 Å². The van der Waals surface area contributed by atoms with Crippen LogP contribution in [-0.4, -0.2) is 79.5 Å². The number of nitrogens with two attached hydrogens (primary N) is 1. The average molecular weight is 243 g/mol. The minimum atomic E-state index is -0.336. The predicted molar refractivity (Wildman–Crippen MR) is 66.9 cm³/mol. The summed E-state index contributed by atoms with van der Waals surface area (Å²) < 4.78 is 5.38. The molecule has 5 heteroatoms. The largest absolute Gasteiger partial charge is 0.392 e. The van der Waals surface area contributed by atoms with Gasteiger partial charge in [0.2, 0.25) is 0 Å². The van der Waals surface area contributed by atoms with Gasteiger partial charge in [-0.05, 0) is 19.4 Å². The molecule has 0 aromatic heterocycles. The second-order valence-electron chi connectivity index (χ2n) is 5.07. The zero-order valence-corrected chi connectivity index (χ0v) is 10.6. The predicted octanol–water partition coefficient (Wildman–Crippen LogP) is -0.897. The molecule has 5 nitrogen and oxygen atoms in total. The van der Waals surface area contributed by atoms with E-state index >= 15 is 0 Å². The summed E-state index contributed by atoms with van der Waals surface area (Å²) in [6.07, 6.45) is 1.71. The van der Waals surface area contributed by atoms with Crippen LogP contribution in [0, 0.1) is 0 Å². The monoisotopic (exact) mass is 243 g/mol. The van der Waals surface area contributed by atoms with Gasteiger partial charge in [0.05, 0.1) is 19.3 Å². The van der Waals surface area contributed by atoms with Crippen LogP contribution in [0.3, 0.4) is 0 Å². The first-order valence-corrected chi connectivity index (χ1v) is 6.72. The number of likely N-dealkylation sites (tertiary alicyclic amines) is 1. The maximum atomic E-state index is 9.45. The summed E-state index contributed by atoms with van der Waals surface area (Å²) in [7, 11) is 0. The highest BCUT2D eigenvalue weighted by Gasteiger charge is 2.28. The lowest BCUT2D eigenvalue weighted by atomic mass is 10.2. The smallest absolute Gasteiger partial charge is 0.0674 e. The molecule has 2 fully saturated rings. The van der Waals surface area contributed by atoms with Crippen LogP contribution in [0.1, 0.15) is 12.8 Å². The number of aliphatic hydroxyl groups is 1. The van der Waals surface area contributed by atoms with E-state index < -0.39 is 0 Å². The third-order valence-electron chi connectivity index (χ3n) is 3.86. The van der Waals surface area contributed by atoms with Crippen LogP contribution in [0.5, 0.6) is 0 Å². The van der Waals surface area contributed by atoms with Gasteiger partial charge in [0.1, 0.15) is 0 Å². The maximum Gasteiger partial charge on any atom is 0.0674 e. The van der Waals surface area contributed by atoms with E-state index in [-0.39, 0.29) is 6.10 Å². The summed E-state index contributed by atoms with van der Waals surface area (Å²) in [6, 6.07) is 0.689. The minimum absolute atomic E-state index is 0.336. The molecule has 0 spiro atoms. The van der Waals surface area contributed by atoms with Crippen molar-refractivity contribution in [1.29, 1.82) is 0 Å². The van der Waals surface area contributed by atoms with E-state index in [1.54, 1.807) is 0 Å². The van der Waals surface area contributed by atoms with Gasteiger partial charge in [0.15, 0.2) is 0 Å². The highest BCUT2D eigenvalue weighted by molar-refractivity contribution is 4.84. The van der Waals surface area contributed by atoms with Crippen molar-refractivity contribution in [1.82, 2.24) is 9.80 Å². The molecular formula is C12H25N3O2. The molecule has 17 heavy (non-hydrogen) atoms. The number of aliphatic hydroxyl groups excluding tert-OH is 1. The second-order valence-corrected chi connectivity index (χ2v) is 5.07. The van der Waals surface area contributed by atoms with E-state index in [0.29, 0.717) is 12.6 Å². The highest BCUT2D eigenvalue weighted by atomic mass is 16.5. The van der Waals surface area contributed by atoms with Gasteiger partial charge in [0, 0.05) is 38.8 Å². The Bertz CT molecular complexity index is 222. The minimum Gasteiger partial charge on any atom is -0.392 e. The van der Waals surface area contributed by atoms with Crippen LogP contribution in [0.25, 0.3) is 0 Å². The van der Waals surface area contributed by atoms with E-state index in [4.69, 9.17) is 10.5 Å². The molecule has 0 aromatic carbocycles. The summed E-state index contributed by atoms with van der Waals surface area (Å²) in [4.78, 5) is 4.99. The Labute approximate surface area is 104 Å². The Balaban J connectivity index is 1.67. The molecular weight excluding hydrogens is 218 g/mol. The van der Waals surface area contributed by atoms with Crippen LogP contribution in [0.4, 0.5) is 0 Å². The van der Waals surface area contributed by atoms with Gasteiger partial charge in [-0.15, -0.1) is 0 Å². The van der Waals surface area contributed by atoms with Gasteiger partial charge in [-0.2, -0.15) is 0 Å². The molecule has 0 aromatic rings. The van der Waals surface area contributed by atoms with E-state index in [1.807, 2.05) is 0 Å². The number of hydrogen-bond donors (Lipinski definition) is 2. The van der Waals surface area contributed by atoms with Crippen molar-refractivity contribution >= 4 is 0 Å². The molecule has 3 N–H and O–H groups in total. The van der Waals surface area contributed by atoms with Crippen molar-refractivity contribution < 1.29 is 9.84 Å². The van der Waals surface area contributed by atoms with Crippen LogP contribution in [0.15, 0.2) is 0 Å². The fraction of sp³-hybridized carbons (Fsp3) is 1.00. The summed E-state index contributed by atoms with van der Waals surface area (Å²) in [5, 5.41) is 9.45. The molecule has 2 saturated heterocycles. The first-order chi connectivity index (χ1) is 8.29. The zero-order valence-electron chi connectivity index (χ0n) is 10.6. The molecule has 0 amide bonds. The molecule has 0 aliphatic carbocycles. The Morgan fingerprint density at radius 3 is 2.76 bits per heavy atom. The average Bonchev–Trinajstić information content (AvgIpc) is 2.86. The van der Waals surface area contributed by atoms with Gasteiger partial charge in [-0.3, -0.25) is 4.90 Å². The summed E-state index contributed by atoms with van der Waals surface area (Å²) in [5.41, 5.74) is 5.41. The number of morpholine rings is 1. The maximum absolute atomic E-state index is 9.45. The molecule has 2 rings (SSSR count). The highest BCUT2D eigenvalue weighted by Crippen LogP contribution is 2.17. The van der Waals surface area contributed by atoms with Crippen molar-refractivity contribution in [3.63, 3.8) is 0 Å². The van der Waals surface area contributed by atoms with Crippen LogP contribution in [0.2, 0.25) is 0 Å². The Morgan fingerprint density at radius 2 is 2.06 bits per heavy atom. The van der Waals surface area contributed by atoms with E-state index in [1.165, 1.54) is 6.42 Å². The third kappa shape index (κ3) is 3.89. The summed E-state index contributed by atoms with van der Waals surface area (Å²) in [6.45, 7) is 7.54. The van der Waals surface area contributed by atoms with Gasteiger partial charge >= 0.3 is 0 Å². The van der Waals surface area contributed by atoms with E-state index in [9.17, 15) is 5.11 Å². The number of rotatable bonds is 5. The third-order valence-corrected chi connectivity index (χ3v) is 3.86. The molecule has 0 radical (unpaired) electrons. The van der Waals surface area contributed by atoms with Crippen molar-refractivity contribution in [3.05, 3.63) is 0 Å². The first-order valence-electron chi connectivity index (χ1n) is 6.72. The normalized spacial score (nSPS) is 29.6.